The summed E-state index contributed by atoms with van der Waals surface area (Å²) in [6.07, 6.45) is -1.85. The van der Waals surface area contributed by atoms with Crippen LogP contribution in [0.2, 0.25) is 0 Å². The Bertz CT molecular complexity index is 454. The van der Waals surface area contributed by atoms with Crippen molar-refractivity contribution >= 4 is 5.91 Å². The van der Waals surface area contributed by atoms with Crippen LogP contribution in [0.3, 0.4) is 0 Å². The molecule has 0 bridgehead atoms. The summed E-state index contributed by atoms with van der Waals surface area (Å²) in [6.45, 7) is 0.724. The average molecular weight is 294 g/mol. The molecule has 2 rings (SSSR count). The fourth-order valence-electron chi connectivity index (χ4n) is 2.56. The number of hydrogen-bond acceptors (Lipinski definition) is 5. The van der Waals surface area contributed by atoms with Crippen molar-refractivity contribution in [1.29, 1.82) is 0 Å². The predicted molar refractivity (Wildman–Crippen MR) is 77.6 cm³/mol. The van der Waals surface area contributed by atoms with Crippen LogP contribution in [-0.2, 0) is 25.5 Å². The Kier molecular flexibility index (Phi) is 5.69. The lowest BCUT2D eigenvalue weighted by atomic mass is 10.1. The highest BCUT2D eigenvalue weighted by Crippen LogP contribution is 2.25. The van der Waals surface area contributed by atoms with E-state index in [9.17, 15) is 4.79 Å². The van der Waals surface area contributed by atoms with Crippen molar-refractivity contribution < 1.29 is 19.0 Å². The van der Waals surface area contributed by atoms with Crippen molar-refractivity contribution in [3.63, 3.8) is 0 Å². The zero-order chi connectivity index (χ0) is 15.2. The maximum atomic E-state index is 12.3. The average Bonchev–Trinajstić information content (AvgIpc) is 2.91. The second-order valence-corrected chi connectivity index (χ2v) is 4.93. The molecule has 116 valence electrons. The molecule has 1 amide bonds. The van der Waals surface area contributed by atoms with E-state index >= 15 is 0 Å². The van der Waals surface area contributed by atoms with Gasteiger partial charge in [0, 0.05) is 27.3 Å². The molecule has 3 N–H and O–H groups in total. The van der Waals surface area contributed by atoms with Crippen LogP contribution >= 0.6 is 0 Å². The summed E-state index contributed by atoms with van der Waals surface area (Å²) in [4.78, 5) is 12.3. The molecule has 4 atom stereocenters. The lowest BCUT2D eigenvalue weighted by Gasteiger charge is -2.20. The monoisotopic (exact) mass is 294 g/mol. The van der Waals surface area contributed by atoms with Crippen molar-refractivity contribution in [1.82, 2.24) is 5.32 Å². The van der Waals surface area contributed by atoms with Crippen molar-refractivity contribution in [3.05, 3.63) is 35.9 Å². The van der Waals surface area contributed by atoms with Gasteiger partial charge in [-0.25, -0.2) is 0 Å². The number of methoxy groups -OCH3 is 2. The van der Waals surface area contributed by atoms with E-state index in [-0.39, 0.29) is 24.7 Å². The Labute approximate surface area is 124 Å². The minimum Gasteiger partial charge on any atom is -0.376 e. The number of carbonyl (C=O) groups excluding carboxylic acids is 1. The molecule has 1 aromatic rings. The topological polar surface area (TPSA) is 82.8 Å². The number of ether oxygens (including phenoxy) is 3. The van der Waals surface area contributed by atoms with Crippen LogP contribution in [0, 0.1) is 0 Å². The minimum absolute atomic E-state index is 0.219. The summed E-state index contributed by atoms with van der Waals surface area (Å²) < 4.78 is 16.4. The highest BCUT2D eigenvalue weighted by Gasteiger charge is 2.47. The molecule has 1 fully saturated rings. The fraction of sp³-hybridized carbons (Fsp3) is 0.533. The molecule has 1 aliphatic heterocycles. The van der Waals surface area contributed by atoms with Crippen LogP contribution < -0.4 is 11.1 Å². The number of nitrogens with one attached hydrogen (secondary N) is 1. The summed E-state index contributed by atoms with van der Waals surface area (Å²) in [5, 5.41) is 2.85. The van der Waals surface area contributed by atoms with Gasteiger partial charge in [-0.15, -0.1) is 0 Å². The number of nitrogens with two attached hydrogens (primary N) is 1. The third-order valence-corrected chi connectivity index (χ3v) is 3.65. The van der Waals surface area contributed by atoms with Gasteiger partial charge in [0.2, 0.25) is 0 Å². The van der Waals surface area contributed by atoms with Crippen LogP contribution in [0.5, 0.6) is 0 Å². The Morgan fingerprint density at radius 2 is 1.90 bits per heavy atom. The molecular formula is C15H22N2O4. The number of rotatable bonds is 6. The minimum atomic E-state index is -0.711. The molecule has 1 aliphatic rings. The van der Waals surface area contributed by atoms with Crippen molar-refractivity contribution in [3.8, 4) is 0 Å². The molecule has 0 aromatic heterocycles. The van der Waals surface area contributed by atoms with Crippen LogP contribution in [0.1, 0.15) is 5.56 Å². The second-order valence-electron chi connectivity index (χ2n) is 4.93. The quantitative estimate of drug-likeness (QED) is 0.775. The Hall–Kier alpha value is -1.47. The van der Waals surface area contributed by atoms with Crippen LogP contribution in [0.25, 0.3) is 0 Å². The first-order chi connectivity index (χ1) is 10.2. The van der Waals surface area contributed by atoms with Gasteiger partial charge in [0.05, 0.1) is 6.10 Å². The summed E-state index contributed by atoms with van der Waals surface area (Å²) in [7, 11) is 3.10. The SMILES string of the molecule is CO[C@H]1[C@H](OC)C(C(=O)NCc2ccccc2)O[C@@H]1CN. The summed E-state index contributed by atoms with van der Waals surface area (Å²) >= 11 is 0. The standard InChI is InChI=1S/C15H22N2O4/c1-19-12-11(8-16)21-14(13(12)20-2)15(18)17-9-10-6-4-3-5-7-10/h3-7,11-14H,8-9,16H2,1-2H3,(H,17,18)/t11-,12-,13+,14?/m1/s1. The van der Waals surface area contributed by atoms with E-state index in [1.807, 2.05) is 30.3 Å². The van der Waals surface area contributed by atoms with Crippen molar-refractivity contribution in [2.45, 2.75) is 31.0 Å². The number of benzene rings is 1. The number of hydrogen-bond donors (Lipinski definition) is 2. The first-order valence-electron chi connectivity index (χ1n) is 6.94. The van der Waals surface area contributed by atoms with Gasteiger partial charge in [-0.2, -0.15) is 0 Å². The Morgan fingerprint density at radius 3 is 2.48 bits per heavy atom. The van der Waals surface area contributed by atoms with E-state index in [1.54, 1.807) is 7.11 Å². The van der Waals surface area contributed by atoms with E-state index in [0.29, 0.717) is 6.54 Å². The maximum Gasteiger partial charge on any atom is 0.252 e. The third kappa shape index (κ3) is 3.59. The first-order valence-corrected chi connectivity index (χ1v) is 6.94. The van der Waals surface area contributed by atoms with Gasteiger partial charge in [-0.3, -0.25) is 4.79 Å². The van der Waals surface area contributed by atoms with Crippen LogP contribution in [0.15, 0.2) is 30.3 Å². The molecule has 1 aromatic carbocycles. The maximum absolute atomic E-state index is 12.3. The molecule has 6 heteroatoms. The third-order valence-electron chi connectivity index (χ3n) is 3.65. The van der Waals surface area contributed by atoms with E-state index in [4.69, 9.17) is 19.9 Å². The van der Waals surface area contributed by atoms with E-state index in [0.717, 1.165) is 5.56 Å². The number of carbonyl (C=O) groups is 1. The molecule has 21 heavy (non-hydrogen) atoms. The van der Waals surface area contributed by atoms with Gasteiger partial charge in [-0.1, -0.05) is 30.3 Å². The molecule has 0 radical (unpaired) electrons. The Morgan fingerprint density at radius 1 is 1.24 bits per heavy atom. The molecule has 0 saturated carbocycles. The highest BCUT2D eigenvalue weighted by molar-refractivity contribution is 5.82. The molecule has 1 heterocycles. The highest BCUT2D eigenvalue weighted by atomic mass is 16.6. The lowest BCUT2D eigenvalue weighted by Crippen LogP contribution is -2.44. The van der Waals surface area contributed by atoms with E-state index in [2.05, 4.69) is 5.32 Å². The van der Waals surface area contributed by atoms with E-state index < -0.39 is 12.2 Å². The molecule has 0 aliphatic carbocycles. The van der Waals surface area contributed by atoms with Crippen LogP contribution in [-0.4, -0.2) is 51.1 Å². The van der Waals surface area contributed by atoms with Gasteiger partial charge in [0.25, 0.3) is 5.91 Å². The smallest absolute Gasteiger partial charge is 0.252 e. The summed E-state index contributed by atoms with van der Waals surface area (Å²) in [6, 6.07) is 9.68. The largest absolute Gasteiger partial charge is 0.376 e. The molecule has 0 spiro atoms. The zero-order valence-electron chi connectivity index (χ0n) is 12.3. The fourth-order valence-corrected chi connectivity index (χ4v) is 2.56. The second kappa shape index (κ2) is 7.51. The Balaban J connectivity index is 1.98. The van der Waals surface area contributed by atoms with Gasteiger partial charge >= 0.3 is 0 Å². The summed E-state index contributed by atoms with van der Waals surface area (Å²) in [5.41, 5.74) is 6.68. The normalized spacial score (nSPS) is 28.5. The summed E-state index contributed by atoms with van der Waals surface area (Å²) in [5.74, 6) is -0.219. The predicted octanol–water partition coefficient (Wildman–Crippen LogP) is 0.0589. The van der Waals surface area contributed by atoms with Gasteiger partial charge in [0.1, 0.15) is 12.2 Å². The molecule has 6 nitrogen and oxygen atoms in total. The zero-order valence-corrected chi connectivity index (χ0v) is 12.3. The van der Waals surface area contributed by atoms with Gasteiger partial charge in [-0.05, 0) is 5.56 Å². The van der Waals surface area contributed by atoms with Gasteiger partial charge < -0.3 is 25.3 Å². The van der Waals surface area contributed by atoms with Crippen molar-refractivity contribution in [2.75, 3.05) is 20.8 Å². The number of amides is 1. The van der Waals surface area contributed by atoms with Crippen molar-refractivity contribution in [2.24, 2.45) is 5.73 Å². The molecular weight excluding hydrogens is 272 g/mol. The van der Waals surface area contributed by atoms with Gasteiger partial charge in [0.15, 0.2) is 6.10 Å². The first kappa shape index (κ1) is 15.9. The molecule has 1 unspecified atom stereocenters. The van der Waals surface area contributed by atoms with E-state index in [1.165, 1.54) is 7.11 Å². The lowest BCUT2D eigenvalue weighted by molar-refractivity contribution is -0.136. The van der Waals surface area contributed by atoms with Crippen LogP contribution in [0.4, 0.5) is 0 Å². The molecule has 1 saturated heterocycles.